The summed E-state index contributed by atoms with van der Waals surface area (Å²) in [5, 5.41) is 4.13. The summed E-state index contributed by atoms with van der Waals surface area (Å²) in [5.74, 6) is 0. The van der Waals surface area contributed by atoms with Crippen LogP contribution in [0.1, 0.15) is 23.6 Å². The maximum absolute atomic E-state index is 6.25. The molecule has 0 aromatic heterocycles. The number of nitrogens with zero attached hydrogens (tertiary/aromatic N) is 2. The molecule has 0 unspecified atom stereocenters. The molecule has 1 aliphatic heterocycles. The van der Waals surface area contributed by atoms with Gasteiger partial charge in [-0.1, -0.05) is 17.7 Å². The van der Waals surface area contributed by atoms with Crippen LogP contribution in [0.4, 0.5) is 0 Å². The van der Waals surface area contributed by atoms with E-state index in [9.17, 15) is 0 Å². The number of piperazine rings is 1. The third kappa shape index (κ3) is 4.19. The van der Waals surface area contributed by atoms with Crippen LogP contribution in [-0.4, -0.2) is 56.6 Å². The SMILES string of the molecule is CNCC[C@@H](c1cc(C)cc(Cl)c1)N1CCN(C)CC1. The molecular weight excluding hydrogens is 270 g/mol. The Labute approximate surface area is 127 Å². The number of hydrogen-bond acceptors (Lipinski definition) is 3. The fraction of sp³-hybridized carbons (Fsp3) is 0.625. The Hall–Kier alpha value is -0.610. The van der Waals surface area contributed by atoms with Crippen LogP contribution in [0.15, 0.2) is 18.2 Å². The van der Waals surface area contributed by atoms with Gasteiger partial charge >= 0.3 is 0 Å². The van der Waals surface area contributed by atoms with Crippen LogP contribution in [0.25, 0.3) is 0 Å². The number of benzene rings is 1. The summed E-state index contributed by atoms with van der Waals surface area (Å²) in [4.78, 5) is 5.00. The summed E-state index contributed by atoms with van der Waals surface area (Å²) in [7, 11) is 4.22. The number of nitrogens with one attached hydrogen (secondary N) is 1. The summed E-state index contributed by atoms with van der Waals surface area (Å²) in [5.41, 5.74) is 2.60. The van der Waals surface area contributed by atoms with Crippen molar-refractivity contribution < 1.29 is 0 Å². The summed E-state index contributed by atoms with van der Waals surface area (Å²) in [6, 6.07) is 6.91. The third-order valence-corrected chi connectivity index (χ3v) is 4.31. The first-order chi connectivity index (χ1) is 9.60. The van der Waals surface area contributed by atoms with E-state index < -0.39 is 0 Å². The van der Waals surface area contributed by atoms with Crippen molar-refractivity contribution in [2.45, 2.75) is 19.4 Å². The molecule has 1 N–H and O–H groups in total. The molecule has 0 saturated carbocycles. The van der Waals surface area contributed by atoms with Crippen LogP contribution in [0.2, 0.25) is 5.02 Å². The van der Waals surface area contributed by atoms with Crippen molar-refractivity contribution >= 4 is 11.6 Å². The van der Waals surface area contributed by atoms with Crippen LogP contribution in [-0.2, 0) is 0 Å². The topological polar surface area (TPSA) is 18.5 Å². The molecule has 3 nitrogen and oxygen atoms in total. The molecule has 20 heavy (non-hydrogen) atoms. The third-order valence-electron chi connectivity index (χ3n) is 4.10. The molecule has 1 fully saturated rings. The van der Waals surface area contributed by atoms with Crippen LogP contribution in [0.3, 0.4) is 0 Å². The Balaban J connectivity index is 2.17. The zero-order valence-corrected chi connectivity index (χ0v) is 13.6. The Morgan fingerprint density at radius 3 is 2.50 bits per heavy atom. The summed E-state index contributed by atoms with van der Waals surface area (Å²) in [6.45, 7) is 7.72. The Kier molecular flexibility index (Phi) is 5.85. The highest BCUT2D eigenvalue weighted by Crippen LogP contribution is 2.28. The highest BCUT2D eigenvalue weighted by molar-refractivity contribution is 6.30. The van der Waals surface area contributed by atoms with E-state index in [0.717, 1.165) is 44.2 Å². The minimum Gasteiger partial charge on any atom is -0.320 e. The molecule has 1 aliphatic rings. The maximum atomic E-state index is 6.25. The van der Waals surface area contributed by atoms with Gasteiger partial charge in [-0.05, 0) is 57.2 Å². The van der Waals surface area contributed by atoms with Gasteiger partial charge in [-0.15, -0.1) is 0 Å². The van der Waals surface area contributed by atoms with Crippen molar-refractivity contribution in [3.8, 4) is 0 Å². The summed E-state index contributed by atoms with van der Waals surface area (Å²) >= 11 is 6.25. The van der Waals surface area contributed by atoms with E-state index in [2.05, 4.69) is 41.2 Å². The van der Waals surface area contributed by atoms with Crippen molar-refractivity contribution in [3.05, 3.63) is 34.3 Å². The van der Waals surface area contributed by atoms with E-state index >= 15 is 0 Å². The first-order valence-electron chi connectivity index (χ1n) is 7.44. The molecule has 112 valence electrons. The molecule has 1 heterocycles. The standard InChI is InChI=1S/C16H26ClN3/c1-13-10-14(12-15(17)11-13)16(4-5-18-2)20-8-6-19(3)7-9-20/h10-12,16,18H,4-9H2,1-3H3/t16-/m0/s1. The second-order valence-corrected chi connectivity index (χ2v) is 6.25. The van der Waals surface area contributed by atoms with Crippen LogP contribution in [0, 0.1) is 6.92 Å². The van der Waals surface area contributed by atoms with Crippen LogP contribution < -0.4 is 5.32 Å². The molecule has 4 heteroatoms. The van der Waals surface area contributed by atoms with Gasteiger partial charge in [0.25, 0.3) is 0 Å². The number of likely N-dealkylation sites (N-methyl/N-ethyl adjacent to an activating group) is 1. The Morgan fingerprint density at radius 1 is 1.20 bits per heavy atom. The lowest BCUT2D eigenvalue weighted by atomic mass is 9.99. The molecule has 0 amide bonds. The number of rotatable bonds is 5. The number of aryl methyl sites for hydroxylation is 1. The first-order valence-corrected chi connectivity index (χ1v) is 7.82. The molecular formula is C16H26ClN3. The first kappa shape index (κ1) is 15.8. The quantitative estimate of drug-likeness (QED) is 0.901. The van der Waals surface area contributed by atoms with Gasteiger partial charge in [0.2, 0.25) is 0 Å². The highest BCUT2D eigenvalue weighted by atomic mass is 35.5. The molecule has 1 aromatic rings. The van der Waals surface area contributed by atoms with Crippen molar-refractivity contribution in [2.24, 2.45) is 0 Å². The van der Waals surface area contributed by atoms with Gasteiger partial charge in [0.1, 0.15) is 0 Å². The average Bonchev–Trinajstić information content (AvgIpc) is 2.40. The zero-order chi connectivity index (χ0) is 14.5. The van der Waals surface area contributed by atoms with E-state index in [-0.39, 0.29) is 0 Å². The van der Waals surface area contributed by atoms with Gasteiger partial charge in [0.15, 0.2) is 0 Å². The van der Waals surface area contributed by atoms with Gasteiger partial charge in [0.05, 0.1) is 0 Å². The van der Waals surface area contributed by atoms with Crippen molar-refractivity contribution in [3.63, 3.8) is 0 Å². The lowest BCUT2D eigenvalue weighted by molar-refractivity contribution is 0.107. The summed E-state index contributed by atoms with van der Waals surface area (Å²) < 4.78 is 0. The van der Waals surface area contributed by atoms with Gasteiger partial charge in [-0.25, -0.2) is 0 Å². The lowest BCUT2D eigenvalue weighted by Crippen LogP contribution is -2.46. The monoisotopic (exact) mass is 295 g/mol. The van der Waals surface area contributed by atoms with Crippen molar-refractivity contribution in [2.75, 3.05) is 46.8 Å². The fourth-order valence-corrected chi connectivity index (χ4v) is 3.23. The molecule has 1 saturated heterocycles. The average molecular weight is 296 g/mol. The van der Waals surface area contributed by atoms with Gasteiger partial charge < -0.3 is 10.2 Å². The summed E-state index contributed by atoms with van der Waals surface area (Å²) in [6.07, 6.45) is 1.12. The normalized spacial score (nSPS) is 19.2. The second kappa shape index (κ2) is 7.41. The van der Waals surface area contributed by atoms with Gasteiger partial charge in [0, 0.05) is 37.2 Å². The predicted molar refractivity (Wildman–Crippen MR) is 86.5 cm³/mol. The molecule has 0 radical (unpaired) electrons. The Morgan fingerprint density at radius 2 is 1.90 bits per heavy atom. The molecule has 0 spiro atoms. The predicted octanol–water partition coefficient (Wildman–Crippen LogP) is 2.55. The minimum absolute atomic E-state index is 0.466. The Bertz CT molecular complexity index is 407. The maximum Gasteiger partial charge on any atom is 0.0411 e. The minimum atomic E-state index is 0.466. The zero-order valence-electron chi connectivity index (χ0n) is 12.8. The van der Waals surface area contributed by atoms with Gasteiger partial charge in [-0.3, -0.25) is 4.90 Å². The van der Waals surface area contributed by atoms with E-state index in [1.54, 1.807) is 0 Å². The molecule has 1 atom stereocenters. The molecule has 0 bridgehead atoms. The van der Waals surface area contributed by atoms with Crippen LogP contribution in [0.5, 0.6) is 0 Å². The van der Waals surface area contributed by atoms with E-state index in [0.29, 0.717) is 6.04 Å². The van der Waals surface area contributed by atoms with Gasteiger partial charge in [-0.2, -0.15) is 0 Å². The molecule has 1 aromatic carbocycles. The van der Waals surface area contributed by atoms with Crippen molar-refractivity contribution in [1.82, 2.24) is 15.1 Å². The van der Waals surface area contributed by atoms with E-state index in [1.165, 1.54) is 11.1 Å². The van der Waals surface area contributed by atoms with Crippen LogP contribution >= 0.6 is 11.6 Å². The van der Waals surface area contributed by atoms with Crippen molar-refractivity contribution in [1.29, 1.82) is 0 Å². The molecule has 0 aliphatic carbocycles. The number of halogens is 1. The highest BCUT2D eigenvalue weighted by Gasteiger charge is 2.23. The van der Waals surface area contributed by atoms with E-state index in [1.807, 2.05) is 13.1 Å². The van der Waals surface area contributed by atoms with E-state index in [4.69, 9.17) is 11.6 Å². The molecule has 2 rings (SSSR count). The fourth-order valence-electron chi connectivity index (χ4n) is 2.93. The smallest absolute Gasteiger partial charge is 0.0411 e. The lowest BCUT2D eigenvalue weighted by Gasteiger charge is -2.38. The second-order valence-electron chi connectivity index (χ2n) is 5.81. The number of hydrogen-bond donors (Lipinski definition) is 1. The largest absolute Gasteiger partial charge is 0.320 e.